The molecular formula is C21H28ClN5O3S. The minimum atomic E-state index is -0.773. The summed E-state index contributed by atoms with van der Waals surface area (Å²) in [6.45, 7) is 2.23. The molecule has 0 saturated carbocycles. The number of rotatable bonds is 9. The number of amides is 2. The molecule has 2 amide bonds. The van der Waals surface area contributed by atoms with Crippen LogP contribution in [0.2, 0.25) is 4.34 Å². The molecule has 0 radical (unpaired) electrons. The minimum Gasteiger partial charge on any atom is -0.389 e. The molecule has 0 aliphatic carbocycles. The largest absolute Gasteiger partial charge is 0.389 e. The number of nitrogens with one attached hydrogen (secondary N) is 2. The van der Waals surface area contributed by atoms with E-state index in [4.69, 9.17) is 17.3 Å². The van der Waals surface area contributed by atoms with Crippen LogP contribution in [0.25, 0.3) is 0 Å². The van der Waals surface area contributed by atoms with E-state index < -0.39 is 6.10 Å². The number of aliphatic hydroxyl groups excluding tert-OH is 1. The molecule has 0 spiro atoms. The van der Waals surface area contributed by atoms with Crippen LogP contribution in [-0.2, 0) is 4.79 Å². The summed E-state index contributed by atoms with van der Waals surface area (Å²) >= 11 is 7.05. The Labute approximate surface area is 191 Å². The van der Waals surface area contributed by atoms with Crippen LogP contribution >= 0.6 is 22.9 Å². The van der Waals surface area contributed by atoms with Gasteiger partial charge in [-0.25, -0.2) is 0 Å². The molecule has 1 aromatic carbocycles. The van der Waals surface area contributed by atoms with Gasteiger partial charge in [0.05, 0.1) is 33.2 Å². The minimum absolute atomic E-state index is 0.0899. The molecule has 2 aromatic rings. The SMILES string of the molecule is CN(CC(O)CNC(=O)c1ccc(Cl)s1)c1ccc(N2CCCC2)c(NC(=O)CN)c1. The Morgan fingerprint density at radius 3 is 2.68 bits per heavy atom. The zero-order valence-corrected chi connectivity index (χ0v) is 19.0. The van der Waals surface area contributed by atoms with E-state index in [1.165, 1.54) is 11.3 Å². The summed E-state index contributed by atoms with van der Waals surface area (Å²) in [6, 6.07) is 9.15. The number of thiophene rings is 1. The average molecular weight is 466 g/mol. The first-order chi connectivity index (χ1) is 14.9. The van der Waals surface area contributed by atoms with Crippen molar-refractivity contribution in [3.63, 3.8) is 0 Å². The number of nitrogens with two attached hydrogens (primary N) is 1. The number of anilines is 3. The predicted octanol–water partition coefficient (Wildman–Crippen LogP) is 2.13. The normalized spacial score (nSPS) is 14.4. The monoisotopic (exact) mass is 465 g/mol. The lowest BCUT2D eigenvalue weighted by Crippen LogP contribution is -2.38. The van der Waals surface area contributed by atoms with Gasteiger partial charge in [0, 0.05) is 38.9 Å². The summed E-state index contributed by atoms with van der Waals surface area (Å²) in [5, 5.41) is 16.0. The molecule has 10 heteroatoms. The van der Waals surface area contributed by atoms with E-state index in [1.807, 2.05) is 30.1 Å². The molecule has 31 heavy (non-hydrogen) atoms. The van der Waals surface area contributed by atoms with Gasteiger partial charge in [-0.15, -0.1) is 11.3 Å². The zero-order valence-electron chi connectivity index (χ0n) is 17.4. The zero-order chi connectivity index (χ0) is 22.4. The van der Waals surface area contributed by atoms with E-state index in [-0.39, 0.29) is 24.9 Å². The fraction of sp³-hybridized carbons (Fsp3) is 0.429. The van der Waals surface area contributed by atoms with Crippen molar-refractivity contribution in [3.05, 3.63) is 39.5 Å². The predicted molar refractivity (Wildman–Crippen MR) is 127 cm³/mol. The van der Waals surface area contributed by atoms with Crippen LogP contribution in [0.1, 0.15) is 22.5 Å². The quantitative estimate of drug-likeness (QED) is 0.451. The lowest BCUT2D eigenvalue weighted by molar-refractivity contribution is -0.114. The van der Waals surface area contributed by atoms with Crippen molar-refractivity contribution < 1.29 is 14.7 Å². The van der Waals surface area contributed by atoms with Gasteiger partial charge in [-0.05, 0) is 43.2 Å². The second-order valence-corrected chi connectivity index (χ2v) is 9.21. The Morgan fingerprint density at radius 2 is 2.03 bits per heavy atom. The molecule has 1 atom stereocenters. The molecule has 0 bridgehead atoms. The lowest BCUT2D eigenvalue weighted by Gasteiger charge is -2.26. The second-order valence-electron chi connectivity index (χ2n) is 7.50. The molecule has 1 aliphatic heterocycles. The molecule has 5 N–H and O–H groups in total. The highest BCUT2D eigenvalue weighted by Crippen LogP contribution is 2.32. The maximum atomic E-state index is 12.1. The Hall–Kier alpha value is -2.33. The summed E-state index contributed by atoms with van der Waals surface area (Å²) in [4.78, 5) is 28.7. The van der Waals surface area contributed by atoms with Crippen LogP contribution in [0.3, 0.4) is 0 Å². The van der Waals surface area contributed by atoms with Gasteiger partial charge in [0.15, 0.2) is 0 Å². The molecule has 8 nitrogen and oxygen atoms in total. The Morgan fingerprint density at radius 1 is 1.29 bits per heavy atom. The van der Waals surface area contributed by atoms with Crippen molar-refractivity contribution in [3.8, 4) is 0 Å². The van der Waals surface area contributed by atoms with Gasteiger partial charge in [0.2, 0.25) is 5.91 Å². The number of aliphatic hydroxyl groups is 1. The molecule has 1 fully saturated rings. The van der Waals surface area contributed by atoms with Crippen LogP contribution in [0.15, 0.2) is 30.3 Å². The summed E-state index contributed by atoms with van der Waals surface area (Å²) in [5.41, 5.74) is 8.00. The summed E-state index contributed by atoms with van der Waals surface area (Å²) in [7, 11) is 1.85. The first kappa shape index (κ1) is 23.3. The number of benzene rings is 1. The average Bonchev–Trinajstić information content (AvgIpc) is 3.43. The molecule has 1 aromatic heterocycles. The van der Waals surface area contributed by atoms with Crippen molar-refractivity contribution in [1.82, 2.24) is 5.32 Å². The molecule has 1 aliphatic rings. The van der Waals surface area contributed by atoms with Gasteiger partial charge in [0.1, 0.15) is 0 Å². The van der Waals surface area contributed by atoms with Crippen LogP contribution in [0, 0.1) is 0 Å². The summed E-state index contributed by atoms with van der Waals surface area (Å²) < 4.78 is 0.542. The Balaban J connectivity index is 1.62. The van der Waals surface area contributed by atoms with Gasteiger partial charge in [-0.3, -0.25) is 9.59 Å². The summed E-state index contributed by atoms with van der Waals surface area (Å²) in [6.07, 6.45) is 1.48. The van der Waals surface area contributed by atoms with E-state index in [0.717, 1.165) is 37.3 Å². The standard InChI is InChI=1S/C21H28ClN5O3S/c1-26(13-15(28)12-24-21(30)18-6-7-19(22)31-18)14-4-5-17(27-8-2-3-9-27)16(10-14)25-20(29)11-23/h4-7,10,15,28H,2-3,8-9,11-13,23H2,1H3,(H,24,30)(H,25,29). The number of likely N-dealkylation sites (N-methyl/N-ethyl adjacent to an activating group) is 1. The van der Waals surface area contributed by atoms with Gasteiger partial charge in [-0.2, -0.15) is 0 Å². The van der Waals surface area contributed by atoms with Crippen molar-refractivity contribution in [2.75, 3.05) is 54.9 Å². The van der Waals surface area contributed by atoms with Crippen LogP contribution in [-0.4, -0.2) is 62.8 Å². The van der Waals surface area contributed by atoms with Gasteiger partial charge in [-0.1, -0.05) is 11.6 Å². The number of carbonyl (C=O) groups is 2. The Bertz CT molecular complexity index is 916. The van der Waals surface area contributed by atoms with Crippen LogP contribution < -0.4 is 26.2 Å². The van der Waals surface area contributed by atoms with E-state index in [2.05, 4.69) is 15.5 Å². The lowest BCUT2D eigenvalue weighted by atomic mass is 10.2. The van der Waals surface area contributed by atoms with Gasteiger partial charge in [0.25, 0.3) is 5.91 Å². The third-order valence-corrected chi connectivity index (χ3v) is 6.34. The molecule has 1 saturated heterocycles. The topological polar surface area (TPSA) is 111 Å². The number of hydrogen-bond donors (Lipinski definition) is 4. The molecule has 2 heterocycles. The molecule has 168 valence electrons. The molecule has 1 unspecified atom stereocenters. The highest BCUT2D eigenvalue weighted by molar-refractivity contribution is 7.18. The number of nitrogens with zero attached hydrogens (tertiary/aromatic N) is 2. The third-order valence-electron chi connectivity index (χ3n) is 5.11. The number of carbonyl (C=O) groups excluding carboxylic acids is 2. The highest BCUT2D eigenvalue weighted by Gasteiger charge is 2.19. The maximum Gasteiger partial charge on any atom is 0.261 e. The first-order valence-electron chi connectivity index (χ1n) is 10.2. The fourth-order valence-electron chi connectivity index (χ4n) is 3.52. The van der Waals surface area contributed by atoms with Crippen molar-refractivity contribution in [2.45, 2.75) is 18.9 Å². The van der Waals surface area contributed by atoms with Gasteiger partial charge < -0.3 is 31.3 Å². The smallest absolute Gasteiger partial charge is 0.261 e. The third kappa shape index (κ3) is 6.33. The maximum absolute atomic E-state index is 12.1. The van der Waals surface area contributed by atoms with E-state index in [0.29, 0.717) is 21.4 Å². The fourth-order valence-corrected chi connectivity index (χ4v) is 4.48. The number of hydrogen-bond acceptors (Lipinski definition) is 7. The van der Waals surface area contributed by atoms with Crippen molar-refractivity contribution >= 4 is 51.8 Å². The highest BCUT2D eigenvalue weighted by atomic mass is 35.5. The first-order valence-corrected chi connectivity index (χ1v) is 11.4. The van der Waals surface area contributed by atoms with Crippen molar-refractivity contribution in [2.24, 2.45) is 5.73 Å². The van der Waals surface area contributed by atoms with Crippen LogP contribution in [0.4, 0.5) is 17.1 Å². The van der Waals surface area contributed by atoms with E-state index >= 15 is 0 Å². The van der Waals surface area contributed by atoms with Crippen molar-refractivity contribution in [1.29, 1.82) is 0 Å². The molecule has 3 rings (SSSR count). The molecular weight excluding hydrogens is 438 g/mol. The summed E-state index contributed by atoms with van der Waals surface area (Å²) in [5.74, 6) is -0.517. The number of halogens is 1. The van der Waals surface area contributed by atoms with Crippen LogP contribution in [0.5, 0.6) is 0 Å². The Kier molecular flexibility index (Phi) is 8.14. The van der Waals surface area contributed by atoms with E-state index in [9.17, 15) is 14.7 Å². The van der Waals surface area contributed by atoms with Gasteiger partial charge >= 0.3 is 0 Å². The second kappa shape index (κ2) is 10.8. The van der Waals surface area contributed by atoms with E-state index in [1.54, 1.807) is 12.1 Å².